The molecule has 1 N–H and O–H groups in total. The van der Waals surface area contributed by atoms with Crippen molar-refractivity contribution >= 4 is 30.0 Å². The smallest absolute Gasteiger partial charge is 0.216 e. The molecule has 19 heavy (non-hydrogen) atoms. The van der Waals surface area contributed by atoms with E-state index in [0.717, 1.165) is 30.7 Å². The summed E-state index contributed by atoms with van der Waals surface area (Å²) < 4.78 is 2.18. The van der Waals surface area contributed by atoms with Crippen molar-refractivity contribution in [3.05, 3.63) is 45.4 Å². The van der Waals surface area contributed by atoms with Gasteiger partial charge < -0.3 is 0 Å². The Kier molecular flexibility index (Phi) is 4.87. The minimum atomic E-state index is 0.510. The molecule has 0 fully saturated rings. The van der Waals surface area contributed by atoms with Crippen LogP contribution in [0.1, 0.15) is 31.2 Å². The van der Waals surface area contributed by atoms with Gasteiger partial charge >= 0.3 is 0 Å². The Morgan fingerprint density at radius 3 is 2.84 bits per heavy atom. The first kappa shape index (κ1) is 14.0. The molecule has 4 nitrogen and oxygen atoms in total. The first-order chi connectivity index (χ1) is 9.20. The highest BCUT2D eigenvalue weighted by molar-refractivity contribution is 7.71. The number of halogens is 1. The largest absolute Gasteiger partial charge is 0.250 e. The van der Waals surface area contributed by atoms with E-state index >= 15 is 0 Å². The van der Waals surface area contributed by atoms with Crippen molar-refractivity contribution in [2.45, 2.75) is 26.2 Å². The lowest BCUT2D eigenvalue weighted by Gasteiger charge is -1.99. The minimum absolute atomic E-state index is 0.510. The third kappa shape index (κ3) is 3.75. The van der Waals surface area contributed by atoms with Crippen LogP contribution < -0.4 is 0 Å². The zero-order valence-corrected chi connectivity index (χ0v) is 12.2. The van der Waals surface area contributed by atoms with Gasteiger partial charge in [-0.2, -0.15) is 14.9 Å². The third-order valence-corrected chi connectivity index (χ3v) is 3.18. The normalized spacial score (nSPS) is 11.3. The van der Waals surface area contributed by atoms with Gasteiger partial charge in [0.1, 0.15) is 0 Å². The average Bonchev–Trinajstić information content (AvgIpc) is 2.76. The Balaban J connectivity index is 2.20. The summed E-state index contributed by atoms with van der Waals surface area (Å²) in [4.78, 5) is 0. The number of rotatable bonds is 5. The van der Waals surface area contributed by atoms with Crippen LogP contribution in [-0.2, 0) is 6.42 Å². The van der Waals surface area contributed by atoms with Gasteiger partial charge in [-0.15, -0.1) is 0 Å². The number of hydrogen-bond donors (Lipinski definition) is 1. The molecule has 2 rings (SSSR count). The summed E-state index contributed by atoms with van der Waals surface area (Å²) in [5.41, 5.74) is 0.967. The summed E-state index contributed by atoms with van der Waals surface area (Å²) >= 11 is 11.0. The van der Waals surface area contributed by atoms with Crippen LogP contribution in [0.5, 0.6) is 0 Å². The molecular formula is C13H15ClN4S. The van der Waals surface area contributed by atoms with Gasteiger partial charge in [0.25, 0.3) is 0 Å². The first-order valence-corrected chi connectivity index (χ1v) is 6.95. The van der Waals surface area contributed by atoms with Gasteiger partial charge in [0.2, 0.25) is 4.77 Å². The monoisotopic (exact) mass is 294 g/mol. The van der Waals surface area contributed by atoms with Crippen molar-refractivity contribution in [2.24, 2.45) is 5.10 Å². The van der Waals surface area contributed by atoms with E-state index in [1.807, 2.05) is 24.3 Å². The van der Waals surface area contributed by atoms with Crippen LogP contribution in [0.25, 0.3) is 0 Å². The van der Waals surface area contributed by atoms with Crippen molar-refractivity contribution < 1.29 is 0 Å². The van der Waals surface area contributed by atoms with E-state index in [1.54, 1.807) is 10.9 Å². The molecule has 0 amide bonds. The van der Waals surface area contributed by atoms with Crippen LogP contribution in [0.15, 0.2) is 29.4 Å². The summed E-state index contributed by atoms with van der Waals surface area (Å²) in [7, 11) is 0. The molecule has 1 aromatic heterocycles. The second-order valence-corrected chi connectivity index (χ2v) is 4.98. The highest BCUT2D eigenvalue weighted by atomic mass is 35.5. The predicted molar refractivity (Wildman–Crippen MR) is 80.5 cm³/mol. The molecule has 0 radical (unpaired) electrons. The number of H-pyrrole nitrogens is 1. The van der Waals surface area contributed by atoms with Gasteiger partial charge in [-0.25, -0.2) is 0 Å². The van der Waals surface area contributed by atoms with E-state index in [2.05, 4.69) is 22.2 Å². The van der Waals surface area contributed by atoms with Gasteiger partial charge in [-0.1, -0.05) is 37.1 Å². The summed E-state index contributed by atoms with van der Waals surface area (Å²) in [5.74, 6) is 0.858. The van der Waals surface area contributed by atoms with E-state index < -0.39 is 0 Å². The quantitative estimate of drug-likeness (QED) is 0.673. The van der Waals surface area contributed by atoms with Crippen molar-refractivity contribution in [2.75, 3.05) is 0 Å². The molecule has 1 aromatic carbocycles. The third-order valence-electron chi connectivity index (χ3n) is 2.66. The molecule has 0 aliphatic heterocycles. The van der Waals surface area contributed by atoms with Crippen molar-refractivity contribution in [3.8, 4) is 0 Å². The molecule has 2 aromatic rings. The summed E-state index contributed by atoms with van der Waals surface area (Å²) in [6, 6.07) is 7.47. The number of unbranched alkanes of at least 4 members (excludes halogenated alkanes) is 1. The van der Waals surface area contributed by atoms with Crippen LogP contribution in [0.4, 0.5) is 0 Å². The summed E-state index contributed by atoms with van der Waals surface area (Å²) in [5, 5.41) is 12.0. The number of nitrogens with zero attached hydrogens (tertiary/aromatic N) is 3. The number of aromatic nitrogens is 3. The molecule has 100 valence electrons. The van der Waals surface area contributed by atoms with E-state index in [0.29, 0.717) is 9.79 Å². The highest BCUT2D eigenvalue weighted by Crippen LogP contribution is 2.08. The molecule has 0 saturated heterocycles. The van der Waals surface area contributed by atoms with Crippen molar-refractivity contribution in [1.82, 2.24) is 14.9 Å². The Morgan fingerprint density at radius 2 is 2.16 bits per heavy atom. The first-order valence-electron chi connectivity index (χ1n) is 6.17. The number of benzene rings is 1. The second-order valence-electron chi connectivity index (χ2n) is 4.16. The standard InChI is InChI=1S/C13H15ClN4S/c1-2-3-4-12-16-17-13(19)18(12)15-9-10-5-7-11(14)8-6-10/h5-9H,2-4H2,1H3,(H,17,19)/b15-9+. The molecule has 0 aliphatic rings. The molecule has 0 atom stereocenters. The van der Waals surface area contributed by atoms with Crippen LogP contribution in [-0.4, -0.2) is 21.1 Å². The van der Waals surface area contributed by atoms with Crippen LogP contribution >= 0.6 is 23.8 Å². The van der Waals surface area contributed by atoms with E-state index in [1.165, 1.54) is 0 Å². The zero-order chi connectivity index (χ0) is 13.7. The van der Waals surface area contributed by atoms with E-state index in [-0.39, 0.29) is 0 Å². The van der Waals surface area contributed by atoms with Gasteiger partial charge in [0.15, 0.2) is 5.82 Å². The molecule has 0 unspecified atom stereocenters. The highest BCUT2D eigenvalue weighted by Gasteiger charge is 2.03. The molecule has 1 heterocycles. The van der Waals surface area contributed by atoms with Crippen LogP contribution in [0.2, 0.25) is 5.02 Å². The van der Waals surface area contributed by atoms with Gasteiger partial charge in [0.05, 0.1) is 6.21 Å². The summed E-state index contributed by atoms with van der Waals surface area (Å²) in [6.45, 7) is 2.14. The molecule has 0 aliphatic carbocycles. The molecule has 0 bridgehead atoms. The van der Waals surface area contributed by atoms with E-state index in [4.69, 9.17) is 23.8 Å². The number of hydrogen-bond acceptors (Lipinski definition) is 3. The van der Waals surface area contributed by atoms with Gasteiger partial charge in [0, 0.05) is 11.4 Å². The Bertz CT molecular complexity index is 612. The fraction of sp³-hybridized carbons (Fsp3) is 0.308. The molecule has 0 saturated carbocycles. The lowest BCUT2D eigenvalue weighted by Crippen LogP contribution is -1.99. The Morgan fingerprint density at radius 1 is 1.42 bits per heavy atom. The number of nitrogens with one attached hydrogen (secondary N) is 1. The summed E-state index contributed by atoms with van der Waals surface area (Å²) in [6.07, 6.45) is 4.79. The zero-order valence-electron chi connectivity index (χ0n) is 10.6. The lowest BCUT2D eigenvalue weighted by molar-refractivity contribution is 0.700. The maximum atomic E-state index is 5.84. The lowest BCUT2D eigenvalue weighted by atomic mass is 10.2. The minimum Gasteiger partial charge on any atom is -0.250 e. The van der Waals surface area contributed by atoms with E-state index in [9.17, 15) is 0 Å². The molecule has 0 spiro atoms. The number of aromatic amines is 1. The van der Waals surface area contributed by atoms with Crippen molar-refractivity contribution in [1.29, 1.82) is 0 Å². The maximum Gasteiger partial charge on any atom is 0.216 e. The molecule has 6 heteroatoms. The van der Waals surface area contributed by atoms with Gasteiger partial charge in [-0.05, 0) is 36.3 Å². The average molecular weight is 295 g/mol. The predicted octanol–water partition coefficient (Wildman–Crippen LogP) is 3.82. The fourth-order valence-electron chi connectivity index (χ4n) is 1.61. The maximum absolute atomic E-state index is 5.84. The van der Waals surface area contributed by atoms with Crippen molar-refractivity contribution in [3.63, 3.8) is 0 Å². The van der Waals surface area contributed by atoms with Crippen LogP contribution in [0, 0.1) is 4.77 Å². The Labute approximate surface area is 122 Å². The van der Waals surface area contributed by atoms with Gasteiger partial charge in [-0.3, -0.25) is 5.10 Å². The Hall–Kier alpha value is -1.46. The SMILES string of the molecule is CCCCc1n[nH]c(=S)n1/N=C/c1ccc(Cl)cc1. The molecular weight excluding hydrogens is 280 g/mol. The topological polar surface area (TPSA) is 46.0 Å². The number of aryl methyl sites for hydroxylation is 1. The van der Waals surface area contributed by atoms with Crippen LogP contribution in [0.3, 0.4) is 0 Å². The fourth-order valence-corrected chi connectivity index (χ4v) is 1.94. The second kappa shape index (κ2) is 6.63.